The second-order valence-corrected chi connectivity index (χ2v) is 7.12. The summed E-state index contributed by atoms with van der Waals surface area (Å²) in [7, 11) is 0. The molecule has 1 aromatic carbocycles. The van der Waals surface area contributed by atoms with E-state index in [0.717, 1.165) is 29.7 Å². The molecule has 2 fully saturated rings. The largest absolute Gasteiger partial charge is 0.368 e. The predicted octanol–water partition coefficient (Wildman–Crippen LogP) is 1.88. The monoisotopic (exact) mass is 352 g/mol. The van der Waals surface area contributed by atoms with E-state index in [1.165, 1.54) is 0 Å². The van der Waals surface area contributed by atoms with Crippen molar-refractivity contribution in [3.63, 3.8) is 0 Å². The van der Waals surface area contributed by atoms with E-state index in [4.69, 9.17) is 5.73 Å². The molecule has 2 aromatic rings. The average molecular weight is 352 g/mol. The number of nitrogens with two attached hydrogens (primary N) is 1. The van der Waals surface area contributed by atoms with Crippen LogP contribution in [0.5, 0.6) is 0 Å². The minimum atomic E-state index is -0.442. The maximum atomic E-state index is 12.9. The van der Waals surface area contributed by atoms with Crippen molar-refractivity contribution < 1.29 is 9.59 Å². The first kappa shape index (κ1) is 16.8. The number of aromatic amines is 1. The van der Waals surface area contributed by atoms with E-state index < -0.39 is 6.04 Å². The third-order valence-corrected chi connectivity index (χ3v) is 5.35. The van der Waals surface area contributed by atoms with E-state index in [0.29, 0.717) is 32.1 Å². The summed E-state index contributed by atoms with van der Waals surface area (Å²) in [5.74, 6) is 0.253. The SMILES string of the molecule is NC(=O)[C@@H](c1ccccc1)N1CCN(C(=O)c2cc[nH]c2C2CC2)CC1. The van der Waals surface area contributed by atoms with Gasteiger partial charge in [0.2, 0.25) is 5.91 Å². The van der Waals surface area contributed by atoms with Gasteiger partial charge in [0.25, 0.3) is 5.91 Å². The zero-order valence-electron chi connectivity index (χ0n) is 14.7. The van der Waals surface area contributed by atoms with Crippen LogP contribution < -0.4 is 5.73 Å². The number of piperazine rings is 1. The fourth-order valence-electron chi connectivity index (χ4n) is 3.82. The van der Waals surface area contributed by atoms with Crippen molar-refractivity contribution in [1.82, 2.24) is 14.8 Å². The number of hydrogen-bond donors (Lipinski definition) is 2. The van der Waals surface area contributed by atoms with Gasteiger partial charge in [-0.05, 0) is 30.4 Å². The zero-order valence-corrected chi connectivity index (χ0v) is 14.7. The highest BCUT2D eigenvalue weighted by atomic mass is 16.2. The molecule has 4 rings (SSSR count). The number of nitrogens with zero attached hydrogens (tertiary/aromatic N) is 2. The maximum Gasteiger partial charge on any atom is 0.255 e. The van der Waals surface area contributed by atoms with Gasteiger partial charge in [0.1, 0.15) is 6.04 Å². The maximum absolute atomic E-state index is 12.9. The minimum Gasteiger partial charge on any atom is -0.368 e. The van der Waals surface area contributed by atoms with Crippen LogP contribution in [0.2, 0.25) is 0 Å². The van der Waals surface area contributed by atoms with Crippen LogP contribution in [0.15, 0.2) is 42.6 Å². The van der Waals surface area contributed by atoms with E-state index in [1.807, 2.05) is 47.5 Å². The molecule has 3 N–H and O–H groups in total. The summed E-state index contributed by atoms with van der Waals surface area (Å²) in [6, 6.07) is 11.0. The fraction of sp³-hybridized carbons (Fsp3) is 0.400. The Morgan fingerprint density at radius 1 is 1.04 bits per heavy atom. The Labute approximate surface area is 153 Å². The van der Waals surface area contributed by atoms with Crippen molar-refractivity contribution >= 4 is 11.8 Å². The van der Waals surface area contributed by atoms with E-state index in [-0.39, 0.29) is 11.8 Å². The number of primary amides is 1. The Kier molecular flexibility index (Phi) is 4.51. The molecule has 1 atom stereocenters. The average Bonchev–Trinajstić information content (AvgIpc) is 3.39. The zero-order chi connectivity index (χ0) is 18.1. The fourth-order valence-corrected chi connectivity index (χ4v) is 3.82. The minimum absolute atomic E-state index is 0.0862. The van der Waals surface area contributed by atoms with Crippen molar-refractivity contribution in [1.29, 1.82) is 0 Å². The Bertz CT molecular complexity index is 789. The van der Waals surface area contributed by atoms with Crippen LogP contribution >= 0.6 is 0 Å². The Morgan fingerprint density at radius 3 is 2.35 bits per heavy atom. The van der Waals surface area contributed by atoms with E-state index in [1.54, 1.807) is 0 Å². The van der Waals surface area contributed by atoms with Gasteiger partial charge in [-0.25, -0.2) is 0 Å². The normalized spacial score (nSPS) is 19.3. The standard InChI is InChI=1S/C20H24N4O2/c21-19(25)18(15-4-2-1-3-5-15)23-10-12-24(13-11-23)20(26)16-8-9-22-17(16)14-6-7-14/h1-5,8-9,14,18,22H,6-7,10-13H2,(H2,21,25)/t18-/m1/s1. The summed E-state index contributed by atoms with van der Waals surface area (Å²) in [5, 5.41) is 0. The van der Waals surface area contributed by atoms with Gasteiger partial charge in [-0.3, -0.25) is 14.5 Å². The number of nitrogens with one attached hydrogen (secondary N) is 1. The van der Waals surface area contributed by atoms with Crippen molar-refractivity contribution in [3.8, 4) is 0 Å². The molecule has 0 bridgehead atoms. The first-order valence-corrected chi connectivity index (χ1v) is 9.20. The number of carbonyl (C=O) groups excluding carboxylic acids is 2. The van der Waals surface area contributed by atoms with Gasteiger partial charge in [-0.15, -0.1) is 0 Å². The van der Waals surface area contributed by atoms with E-state index in [9.17, 15) is 9.59 Å². The number of rotatable bonds is 5. The number of aromatic nitrogens is 1. The van der Waals surface area contributed by atoms with E-state index >= 15 is 0 Å². The molecule has 1 aromatic heterocycles. The second kappa shape index (κ2) is 6.96. The lowest BCUT2D eigenvalue weighted by molar-refractivity contribution is -0.124. The van der Waals surface area contributed by atoms with Gasteiger partial charge in [-0.2, -0.15) is 0 Å². The van der Waals surface area contributed by atoms with Crippen LogP contribution in [-0.2, 0) is 4.79 Å². The Balaban J connectivity index is 1.44. The molecule has 1 aliphatic heterocycles. The van der Waals surface area contributed by atoms with Crippen LogP contribution in [0.3, 0.4) is 0 Å². The van der Waals surface area contributed by atoms with Gasteiger partial charge in [-0.1, -0.05) is 30.3 Å². The highest BCUT2D eigenvalue weighted by Gasteiger charge is 2.33. The molecule has 2 amide bonds. The number of benzene rings is 1. The predicted molar refractivity (Wildman–Crippen MR) is 98.6 cm³/mol. The molecule has 1 saturated heterocycles. The molecule has 0 unspecified atom stereocenters. The molecule has 6 nitrogen and oxygen atoms in total. The number of hydrogen-bond acceptors (Lipinski definition) is 3. The molecular formula is C20H24N4O2. The van der Waals surface area contributed by atoms with Crippen LogP contribution in [0.4, 0.5) is 0 Å². The first-order valence-electron chi connectivity index (χ1n) is 9.20. The molecule has 2 heterocycles. The van der Waals surface area contributed by atoms with Gasteiger partial charge in [0.05, 0.1) is 5.56 Å². The third-order valence-electron chi connectivity index (χ3n) is 5.35. The highest BCUT2D eigenvalue weighted by molar-refractivity contribution is 5.95. The molecule has 26 heavy (non-hydrogen) atoms. The summed E-state index contributed by atoms with van der Waals surface area (Å²) in [5.41, 5.74) is 8.45. The molecule has 0 spiro atoms. The summed E-state index contributed by atoms with van der Waals surface area (Å²) in [6.45, 7) is 2.48. The van der Waals surface area contributed by atoms with Crippen LogP contribution in [-0.4, -0.2) is 52.8 Å². The van der Waals surface area contributed by atoms with Crippen LogP contribution in [0.25, 0.3) is 0 Å². The molecule has 136 valence electrons. The highest BCUT2D eigenvalue weighted by Crippen LogP contribution is 2.41. The van der Waals surface area contributed by atoms with Crippen molar-refractivity contribution in [2.45, 2.75) is 24.8 Å². The Hall–Kier alpha value is -2.60. The third kappa shape index (κ3) is 3.24. The van der Waals surface area contributed by atoms with Crippen LogP contribution in [0.1, 0.15) is 46.4 Å². The second-order valence-electron chi connectivity index (χ2n) is 7.12. The smallest absolute Gasteiger partial charge is 0.255 e. The summed E-state index contributed by atoms with van der Waals surface area (Å²) >= 11 is 0. The first-order chi connectivity index (χ1) is 12.6. The summed E-state index contributed by atoms with van der Waals surface area (Å²) < 4.78 is 0. The summed E-state index contributed by atoms with van der Waals surface area (Å²) in [4.78, 5) is 32.1. The number of H-pyrrole nitrogens is 1. The van der Waals surface area contributed by atoms with E-state index in [2.05, 4.69) is 9.88 Å². The van der Waals surface area contributed by atoms with Gasteiger partial charge < -0.3 is 15.6 Å². The molecule has 1 aliphatic carbocycles. The molecule has 2 aliphatic rings. The lowest BCUT2D eigenvalue weighted by Crippen LogP contribution is -2.51. The lowest BCUT2D eigenvalue weighted by atomic mass is 10.0. The molecule has 6 heteroatoms. The quantitative estimate of drug-likeness (QED) is 0.862. The van der Waals surface area contributed by atoms with Crippen molar-refractivity contribution in [2.24, 2.45) is 5.73 Å². The van der Waals surface area contributed by atoms with Crippen molar-refractivity contribution in [2.75, 3.05) is 26.2 Å². The topological polar surface area (TPSA) is 82.4 Å². The summed E-state index contributed by atoms with van der Waals surface area (Å²) in [6.07, 6.45) is 4.17. The van der Waals surface area contributed by atoms with Gasteiger partial charge in [0, 0.05) is 38.1 Å². The van der Waals surface area contributed by atoms with Crippen molar-refractivity contribution in [3.05, 3.63) is 59.4 Å². The number of amides is 2. The van der Waals surface area contributed by atoms with Crippen LogP contribution in [0, 0.1) is 0 Å². The van der Waals surface area contributed by atoms with Gasteiger partial charge >= 0.3 is 0 Å². The molecule has 1 saturated carbocycles. The molecule has 0 radical (unpaired) electrons. The molecular weight excluding hydrogens is 328 g/mol. The van der Waals surface area contributed by atoms with Gasteiger partial charge in [0.15, 0.2) is 0 Å². The lowest BCUT2D eigenvalue weighted by Gasteiger charge is -2.38. The number of carbonyl (C=O) groups is 2. The Morgan fingerprint density at radius 2 is 1.73 bits per heavy atom.